The fourth-order valence-electron chi connectivity index (χ4n) is 8.10. The third kappa shape index (κ3) is 8.00. The van der Waals surface area contributed by atoms with Gasteiger partial charge in [0.2, 0.25) is 11.9 Å². The van der Waals surface area contributed by atoms with Gasteiger partial charge in [-0.1, -0.05) is 6.42 Å². The first-order valence-electron chi connectivity index (χ1n) is 16.9. The fourth-order valence-corrected chi connectivity index (χ4v) is 8.10. The van der Waals surface area contributed by atoms with Crippen LogP contribution in [0.25, 0.3) is 0 Å². The van der Waals surface area contributed by atoms with Crippen LogP contribution in [0.2, 0.25) is 0 Å². The molecule has 0 aliphatic carbocycles. The summed E-state index contributed by atoms with van der Waals surface area (Å²) in [6.45, 7) is 26.4. The van der Waals surface area contributed by atoms with E-state index >= 15 is 0 Å². The van der Waals surface area contributed by atoms with E-state index in [4.69, 9.17) is 19.7 Å². The monoisotopic (exact) mass is 601 g/mol. The molecule has 0 saturated carbocycles. The molecule has 1 aromatic rings. The van der Waals surface area contributed by atoms with E-state index in [1.165, 1.54) is 25.7 Å². The molecule has 3 aliphatic rings. The Bertz CT molecular complexity index is 1030. The summed E-state index contributed by atoms with van der Waals surface area (Å²) < 4.78 is 5.60. The lowest BCUT2D eigenvalue weighted by molar-refractivity contribution is -0.0425. The number of aromatic nitrogens is 3. The van der Waals surface area contributed by atoms with Gasteiger partial charge in [-0.15, -0.1) is 0 Å². The number of unbranched alkanes of at least 4 members (excludes halogenated alkanes) is 2. The minimum atomic E-state index is 0.0953. The first-order chi connectivity index (χ1) is 19.9. The number of ether oxygens (including phenoxy) is 1. The number of morpholine rings is 1. The maximum absolute atomic E-state index is 5.60. The van der Waals surface area contributed by atoms with Gasteiger partial charge in [-0.3, -0.25) is 9.80 Å². The Labute approximate surface area is 263 Å². The smallest absolute Gasteiger partial charge is 0.230 e. The lowest BCUT2D eigenvalue weighted by atomic mass is 9.77. The highest BCUT2D eigenvalue weighted by Gasteiger charge is 2.46. The quantitative estimate of drug-likeness (QED) is 0.336. The van der Waals surface area contributed by atoms with E-state index in [0.717, 1.165) is 76.4 Å². The predicted molar refractivity (Wildman–Crippen MR) is 179 cm³/mol. The molecule has 0 N–H and O–H groups in total. The second-order valence-electron chi connectivity index (χ2n) is 16.3. The van der Waals surface area contributed by atoms with Crippen molar-refractivity contribution in [1.82, 2.24) is 29.7 Å². The van der Waals surface area contributed by atoms with Crippen LogP contribution in [0.1, 0.15) is 106 Å². The summed E-state index contributed by atoms with van der Waals surface area (Å²) in [6.07, 6.45) is 8.20. The van der Waals surface area contributed by atoms with Gasteiger partial charge in [-0.2, -0.15) is 15.0 Å². The van der Waals surface area contributed by atoms with Crippen molar-refractivity contribution in [3.8, 4) is 0 Å². The number of likely N-dealkylation sites (tertiary alicyclic amines) is 2. The maximum atomic E-state index is 5.60. The predicted octanol–water partition coefficient (Wildman–Crippen LogP) is 5.23. The summed E-state index contributed by atoms with van der Waals surface area (Å²) in [7, 11) is 6.93. The van der Waals surface area contributed by atoms with Crippen LogP contribution in [0.5, 0.6) is 0 Å². The molecule has 0 aromatic carbocycles. The van der Waals surface area contributed by atoms with Gasteiger partial charge in [0.25, 0.3) is 0 Å². The van der Waals surface area contributed by atoms with Crippen LogP contribution in [-0.4, -0.2) is 124 Å². The molecule has 4 heterocycles. The zero-order valence-corrected chi connectivity index (χ0v) is 29.8. The van der Waals surface area contributed by atoms with Gasteiger partial charge in [0.1, 0.15) is 5.82 Å². The van der Waals surface area contributed by atoms with E-state index < -0.39 is 0 Å². The van der Waals surface area contributed by atoms with Gasteiger partial charge < -0.3 is 19.4 Å². The van der Waals surface area contributed by atoms with Crippen molar-refractivity contribution in [2.45, 2.75) is 141 Å². The van der Waals surface area contributed by atoms with E-state index in [1.54, 1.807) is 0 Å². The van der Waals surface area contributed by atoms with Crippen LogP contribution in [0.3, 0.4) is 0 Å². The first kappa shape index (κ1) is 34.3. The third-order valence-electron chi connectivity index (χ3n) is 11.3. The van der Waals surface area contributed by atoms with Gasteiger partial charge in [-0.25, -0.2) is 0 Å². The Kier molecular flexibility index (Phi) is 10.4. The molecular formula is C34H64N8O. The summed E-state index contributed by atoms with van der Waals surface area (Å²) in [5, 5.41) is 0. The van der Waals surface area contributed by atoms with Crippen LogP contribution >= 0.6 is 0 Å². The first-order valence-corrected chi connectivity index (χ1v) is 16.9. The van der Waals surface area contributed by atoms with Gasteiger partial charge in [0, 0.05) is 53.9 Å². The molecule has 0 spiro atoms. The van der Waals surface area contributed by atoms with Crippen molar-refractivity contribution in [2.24, 2.45) is 0 Å². The van der Waals surface area contributed by atoms with Gasteiger partial charge >= 0.3 is 0 Å². The summed E-state index contributed by atoms with van der Waals surface area (Å²) in [5.74, 6) is 2.45. The SMILES string of the molecule is Cc1nc(N2CCOCC2)nc(N(CCCCCN(C)C2CC(C)(C)N(C)C(C)(C)C2)C2CC(C)(C)N(C)C(C)(C)C2)n1. The highest BCUT2D eigenvalue weighted by molar-refractivity contribution is 5.41. The van der Waals surface area contributed by atoms with E-state index in [-0.39, 0.29) is 22.2 Å². The van der Waals surface area contributed by atoms with E-state index in [9.17, 15) is 0 Å². The Hall–Kier alpha value is -1.55. The topological polar surface area (TPSA) is 64.1 Å². The standard InChI is InChI=1S/C34H64N8O/c1-26-35-29(41-18-20-43-21-19-41)37-30(36-26)42(28-24-33(6,7)40(12)34(8,9)25-28)17-15-13-14-16-38(10)27-22-31(2,3)39(11)32(4,5)23-27/h27-28H,13-25H2,1-12H3. The Balaban J connectivity index is 1.45. The number of hydrogen-bond donors (Lipinski definition) is 0. The second-order valence-corrected chi connectivity index (χ2v) is 16.3. The lowest BCUT2D eigenvalue weighted by Crippen LogP contribution is -2.63. The summed E-state index contributed by atoms with van der Waals surface area (Å²) in [5.41, 5.74) is 0.634. The Morgan fingerprint density at radius 3 is 1.72 bits per heavy atom. The minimum absolute atomic E-state index is 0.0953. The molecule has 1 aromatic heterocycles. The van der Waals surface area contributed by atoms with Crippen molar-refractivity contribution in [2.75, 3.05) is 70.3 Å². The van der Waals surface area contributed by atoms with Crippen molar-refractivity contribution in [1.29, 1.82) is 0 Å². The molecule has 4 rings (SSSR count). The van der Waals surface area contributed by atoms with Crippen molar-refractivity contribution >= 4 is 11.9 Å². The maximum Gasteiger partial charge on any atom is 0.230 e. The molecule has 3 aliphatic heterocycles. The highest BCUT2D eigenvalue weighted by atomic mass is 16.5. The number of rotatable bonds is 10. The van der Waals surface area contributed by atoms with Gasteiger partial charge in [0.05, 0.1) is 13.2 Å². The van der Waals surface area contributed by atoms with Crippen molar-refractivity contribution < 1.29 is 4.74 Å². The molecule has 9 heteroatoms. The minimum Gasteiger partial charge on any atom is -0.378 e. The Morgan fingerprint density at radius 2 is 1.19 bits per heavy atom. The van der Waals surface area contributed by atoms with E-state index in [0.29, 0.717) is 12.1 Å². The van der Waals surface area contributed by atoms with Gasteiger partial charge in [0.15, 0.2) is 0 Å². The number of nitrogens with zero attached hydrogens (tertiary/aromatic N) is 8. The van der Waals surface area contributed by atoms with E-state index in [1.807, 2.05) is 6.92 Å². The molecule has 246 valence electrons. The van der Waals surface area contributed by atoms with Crippen molar-refractivity contribution in [3.05, 3.63) is 5.82 Å². The number of aryl methyl sites for hydroxylation is 1. The average Bonchev–Trinajstić information content (AvgIpc) is 2.91. The average molecular weight is 601 g/mol. The number of hydrogen-bond acceptors (Lipinski definition) is 9. The molecule has 3 saturated heterocycles. The molecule has 9 nitrogen and oxygen atoms in total. The molecule has 0 radical (unpaired) electrons. The third-order valence-corrected chi connectivity index (χ3v) is 11.3. The molecule has 0 atom stereocenters. The van der Waals surface area contributed by atoms with Crippen LogP contribution in [0.15, 0.2) is 0 Å². The van der Waals surface area contributed by atoms with Crippen LogP contribution in [0, 0.1) is 6.92 Å². The second kappa shape index (κ2) is 13.1. The zero-order valence-electron chi connectivity index (χ0n) is 29.8. The summed E-state index contributed by atoms with van der Waals surface area (Å²) in [6, 6.07) is 1.01. The summed E-state index contributed by atoms with van der Waals surface area (Å²) in [4.78, 5) is 27.4. The molecule has 0 amide bonds. The highest BCUT2D eigenvalue weighted by Crippen LogP contribution is 2.41. The number of piperidine rings is 2. The fraction of sp³-hybridized carbons (Fsp3) is 0.912. The van der Waals surface area contributed by atoms with Crippen LogP contribution in [-0.2, 0) is 4.74 Å². The van der Waals surface area contributed by atoms with E-state index in [2.05, 4.69) is 101 Å². The Morgan fingerprint density at radius 1 is 0.698 bits per heavy atom. The molecule has 43 heavy (non-hydrogen) atoms. The zero-order chi connectivity index (χ0) is 31.8. The molecule has 0 bridgehead atoms. The summed E-state index contributed by atoms with van der Waals surface area (Å²) >= 11 is 0. The van der Waals surface area contributed by atoms with Gasteiger partial charge in [-0.05, 0) is 129 Å². The molecule has 3 fully saturated rings. The van der Waals surface area contributed by atoms with Crippen LogP contribution < -0.4 is 9.80 Å². The molecular weight excluding hydrogens is 536 g/mol. The number of anilines is 2. The largest absolute Gasteiger partial charge is 0.378 e. The normalized spacial score (nSPS) is 24.9. The van der Waals surface area contributed by atoms with Crippen LogP contribution in [0.4, 0.5) is 11.9 Å². The molecule has 0 unspecified atom stereocenters. The van der Waals surface area contributed by atoms with Crippen molar-refractivity contribution in [3.63, 3.8) is 0 Å². The lowest BCUT2D eigenvalue weighted by Gasteiger charge is -2.55.